The van der Waals surface area contributed by atoms with E-state index in [0.717, 1.165) is 12.8 Å². The normalized spacial score (nSPS) is 11.4. The molecule has 0 rings (SSSR count). The van der Waals surface area contributed by atoms with Crippen molar-refractivity contribution in [3.05, 3.63) is 0 Å². The van der Waals surface area contributed by atoms with Gasteiger partial charge < -0.3 is 52.1 Å². The number of esters is 2. The summed E-state index contributed by atoms with van der Waals surface area (Å²) >= 11 is 0. The Labute approximate surface area is 322 Å². The molecule has 13 nitrogen and oxygen atoms in total. The third-order valence-corrected chi connectivity index (χ3v) is 7.98. The Bertz CT molecular complexity index is 729. The smallest absolute Gasteiger partial charge is 0.305 e. The van der Waals surface area contributed by atoms with E-state index in [1.807, 2.05) is 0 Å². The van der Waals surface area contributed by atoms with E-state index in [4.69, 9.17) is 52.1 Å². The molecule has 0 saturated heterocycles. The Balaban J connectivity index is 3.13. The van der Waals surface area contributed by atoms with Gasteiger partial charge in [-0.15, -0.1) is 0 Å². The molecule has 0 spiro atoms. The van der Waals surface area contributed by atoms with Crippen LogP contribution in [0.1, 0.15) is 117 Å². The molecular weight excluding hydrogens is 688 g/mol. The number of rotatable bonds is 46. The zero-order valence-corrected chi connectivity index (χ0v) is 33.8. The molecular formula is C40H78O13. The minimum Gasteiger partial charge on any atom is -0.463 e. The topological polar surface area (TPSA) is 136 Å². The number of hydrogen-bond donors (Lipinski definition) is 0. The van der Waals surface area contributed by atoms with Crippen LogP contribution < -0.4 is 0 Å². The molecule has 0 aliphatic carbocycles. The van der Waals surface area contributed by atoms with E-state index >= 15 is 0 Å². The molecule has 0 aliphatic rings. The minimum atomic E-state index is -0.312. The lowest BCUT2D eigenvalue weighted by atomic mass is 10.0. The van der Waals surface area contributed by atoms with Crippen molar-refractivity contribution in [3.63, 3.8) is 0 Å². The molecule has 0 atom stereocenters. The highest BCUT2D eigenvalue weighted by Gasteiger charge is 2.03. The number of hydrogen-bond acceptors (Lipinski definition) is 13. The fourth-order valence-electron chi connectivity index (χ4n) is 5.03. The quantitative estimate of drug-likeness (QED) is 0.0493. The summed E-state index contributed by atoms with van der Waals surface area (Å²) in [6.45, 7) is 12.6. The van der Waals surface area contributed by atoms with Crippen LogP contribution in [-0.4, -0.2) is 144 Å². The molecule has 0 fully saturated rings. The summed E-state index contributed by atoms with van der Waals surface area (Å²) in [5, 5.41) is 0. The Morgan fingerprint density at radius 3 is 0.792 bits per heavy atom. The minimum absolute atomic E-state index is 0.133. The van der Waals surface area contributed by atoms with Gasteiger partial charge in [0, 0.05) is 13.3 Å². The highest BCUT2D eigenvalue weighted by Crippen LogP contribution is 2.13. The molecule has 316 valence electrons. The van der Waals surface area contributed by atoms with Crippen LogP contribution in [0.25, 0.3) is 0 Å². The van der Waals surface area contributed by atoms with Crippen molar-refractivity contribution >= 4 is 11.9 Å². The van der Waals surface area contributed by atoms with Gasteiger partial charge in [0.25, 0.3) is 0 Å². The second-order valence-corrected chi connectivity index (χ2v) is 12.8. The number of unbranched alkanes of at least 4 members (excludes halogenated alkanes) is 14. The number of carbonyl (C=O) groups excluding carboxylic acids is 2. The van der Waals surface area contributed by atoms with E-state index in [9.17, 15) is 9.59 Å². The fourth-order valence-corrected chi connectivity index (χ4v) is 5.03. The maximum atomic E-state index is 11.9. The summed E-state index contributed by atoms with van der Waals surface area (Å²) in [4.78, 5) is 22.5. The zero-order chi connectivity index (χ0) is 38.4. The van der Waals surface area contributed by atoms with Crippen LogP contribution >= 0.6 is 0 Å². The van der Waals surface area contributed by atoms with Crippen LogP contribution in [-0.2, 0) is 61.7 Å². The highest BCUT2D eigenvalue weighted by molar-refractivity contribution is 5.69. The number of ether oxygens (including phenoxy) is 11. The van der Waals surface area contributed by atoms with Gasteiger partial charge in [0.1, 0.15) is 13.2 Å². The summed E-state index contributed by atoms with van der Waals surface area (Å²) in [6, 6.07) is 0. The second kappa shape index (κ2) is 46.7. The molecule has 0 aromatic heterocycles. The first-order chi connectivity index (χ1) is 26.2. The van der Waals surface area contributed by atoms with Crippen LogP contribution in [0, 0.1) is 0 Å². The lowest BCUT2D eigenvalue weighted by Gasteiger charge is -2.09. The molecule has 0 amide bonds. The molecule has 0 bridgehead atoms. The van der Waals surface area contributed by atoms with Crippen molar-refractivity contribution in [3.8, 4) is 0 Å². The molecule has 0 aromatic rings. The van der Waals surface area contributed by atoms with E-state index < -0.39 is 0 Å². The van der Waals surface area contributed by atoms with Crippen LogP contribution in [0.5, 0.6) is 0 Å². The first-order valence-corrected chi connectivity index (χ1v) is 20.7. The summed E-state index contributed by atoms with van der Waals surface area (Å²) in [5.74, 6) is -0.445. The molecule has 0 radical (unpaired) electrons. The number of carbonyl (C=O) groups is 2. The molecule has 0 heterocycles. The SMILES string of the molecule is CCCCCCCCCCCCCCCCCC(=O)OCCOCCOCCOCCOCCOCCOCCOCCOCCOCCOC(C)=O. The Hall–Kier alpha value is -1.42. The van der Waals surface area contributed by atoms with Gasteiger partial charge in [-0.1, -0.05) is 96.8 Å². The van der Waals surface area contributed by atoms with Gasteiger partial charge >= 0.3 is 11.9 Å². The molecule has 53 heavy (non-hydrogen) atoms. The van der Waals surface area contributed by atoms with E-state index in [1.165, 1.54) is 90.4 Å². The van der Waals surface area contributed by atoms with Gasteiger partial charge in [-0.3, -0.25) is 9.59 Å². The van der Waals surface area contributed by atoms with Crippen molar-refractivity contribution in [2.45, 2.75) is 117 Å². The Morgan fingerprint density at radius 1 is 0.302 bits per heavy atom. The third-order valence-electron chi connectivity index (χ3n) is 7.98. The second-order valence-electron chi connectivity index (χ2n) is 12.8. The van der Waals surface area contributed by atoms with Crippen molar-refractivity contribution < 1.29 is 61.7 Å². The molecule has 13 heteroatoms. The average molecular weight is 767 g/mol. The average Bonchev–Trinajstić information content (AvgIpc) is 3.15. The maximum absolute atomic E-state index is 11.9. The first-order valence-electron chi connectivity index (χ1n) is 20.7. The molecule has 0 unspecified atom stereocenters. The first kappa shape index (κ1) is 51.6. The summed E-state index contributed by atoms with van der Waals surface area (Å²) in [5.41, 5.74) is 0. The Morgan fingerprint density at radius 2 is 0.528 bits per heavy atom. The third kappa shape index (κ3) is 48.6. The van der Waals surface area contributed by atoms with Crippen LogP contribution in [0.15, 0.2) is 0 Å². The summed E-state index contributed by atoms with van der Waals surface area (Å²) in [7, 11) is 0. The fraction of sp³-hybridized carbons (Fsp3) is 0.950. The summed E-state index contributed by atoms with van der Waals surface area (Å²) in [6.07, 6.45) is 20.2. The van der Waals surface area contributed by atoms with E-state index in [1.54, 1.807) is 0 Å². The lowest BCUT2D eigenvalue weighted by molar-refractivity contribution is -0.145. The van der Waals surface area contributed by atoms with Gasteiger partial charge in [0.05, 0.1) is 119 Å². The predicted octanol–water partition coefficient (Wildman–Crippen LogP) is 6.50. The van der Waals surface area contributed by atoms with Crippen molar-refractivity contribution in [2.75, 3.05) is 132 Å². The molecule has 0 aromatic carbocycles. The van der Waals surface area contributed by atoms with Gasteiger partial charge in [-0.2, -0.15) is 0 Å². The largest absolute Gasteiger partial charge is 0.463 e. The van der Waals surface area contributed by atoms with Crippen molar-refractivity contribution in [2.24, 2.45) is 0 Å². The van der Waals surface area contributed by atoms with Gasteiger partial charge in [-0.25, -0.2) is 0 Å². The van der Waals surface area contributed by atoms with Gasteiger partial charge in [0.15, 0.2) is 0 Å². The Kier molecular flexibility index (Phi) is 45.5. The van der Waals surface area contributed by atoms with Crippen LogP contribution in [0.3, 0.4) is 0 Å². The van der Waals surface area contributed by atoms with E-state index in [2.05, 4.69) is 6.92 Å². The zero-order valence-electron chi connectivity index (χ0n) is 33.8. The van der Waals surface area contributed by atoms with Crippen LogP contribution in [0.2, 0.25) is 0 Å². The maximum Gasteiger partial charge on any atom is 0.305 e. The standard InChI is InChI=1S/C40H78O13/c1-3-4-5-6-7-8-9-10-11-12-13-14-15-16-17-18-40(42)53-38-36-51-34-32-49-30-28-47-26-24-45-22-20-43-19-21-44-23-25-46-27-29-48-31-33-50-35-37-52-39(2)41/h3-38H2,1-2H3. The molecule has 0 saturated carbocycles. The van der Waals surface area contributed by atoms with Crippen LogP contribution in [0.4, 0.5) is 0 Å². The molecule has 0 aliphatic heterocycles. The lowest BCUT2D eigenvalue weighted by Crippen LogP contribution is -2.15. The van der Waals surface area contributed by atoms with Crippen molar-refractivity contribution in [1.82, 2.24) is 0 Å². The predicted molar refractivity (Wildman–Crippen MR) is 205 cm³/mol. The monoisotopic (exact) mass is 767 g/mol. The van der Waals surface area contributed by atoms with Gasteiger partial charge in [-0.05, 0) is 6.42 Å². The highest BCUT2D eigenvalue weighted by atomic mass is 16.6. The van der Waals surface area contributed by atoms with E-state index in [0.29, 0.717) is 125 Å². The van der Waals surface area contributed by atoms with Crippen molar-refractivity contribution in [1.29, 1.82) is 0 Å². The van der Waals surface area contributed by atoms with E-state index in [-0.39, 0.29) is 25.2 Å². The van der Waals surface area contributed by atoms with Gasteiger partial charge in [0.2, 0.25) is 0 Å². The summed E-state index contributed by atoms with van der Waals surface area (Å²) < 4.78 is 59.0. The molecule has 0 N–H and O–H groups in total.